The lowest BCUT2D eigenvalue weighted by molar-refractivity contribution is 0.0906. The van der Waals surface area contributed by atoms with Crippen molar-refractivity contribution in [1.29, 1.82) is 0 Å². The number of rotatable bonds is 7. The molecule has 0 bridgehead atoms. The van der Waals surface area contributed by atoms with Crippen LogP contribution >= 0.6 is 0 Å². The van der Waals surface area contributed by atoms with E-state index in [1.54, 1.807) is 12.1 Å². The van der Waals surface area contributed by atoms with Gasteiger partial charge >= 0.3 is 0 Å². The van der Waals surface area contributed by atoms with Gasteiger partial charge in [0.25, 0.3) is 5.91 Å². The Bertz CT molecular complexity index is 809. The van der Waals surface area contributed by atoms with E-state index in [1.165, 1.54) is 0 Å². The SMILES string of the molecule is C=C(C)COc1cccc(C(=O)NC2CC(c3nnc(CO)n3C)C2)c1. The van der Waals surface area contributed by atoms with Gasteiger partial charge in [0.2, 0.25) is 0 Å². The maximum Gasteiger partial charge on any atom is 0.251 e. The molecule has 1 heterocycles. The molecule has 2 N–H and O–H groups in total. The lowest BCUT2D eigenvalue weighted by atomic mass is 9.79. The number of ether oxygens (including phenoxy) is 1. The Hall–Kier alpha value is -2.67. The van der Waals surface area contributed by atoms with Crippen LogP contribution in [0.25, 0.3) is 0 Å². The highest BCUT2D eigenvalue weighted by Crippen LogP contribution is 2.36. The highest BCUT2D eigenvalue weighted by atomic mass is 16.5. The molecule has 0 spiro atoms. The first-order valence-electron chi connectivity index (χ1n) is 8.65. The number of aliphatic hydroxyl groups is 1. The Balaban J connectivity index is 1.54. The minimum atomic E-state index is -0.125. The topological polar surface area (TPSA) is 89.3 Å². The molecule has 1 amide bonds. The fourth-order valence-corrected chi connectivity index (χ4v) is 3.02. The minimum absolute atomic E-state index is 0.108. The molecule has 1 aromatic carbocycles. The van der Waals surface area contributed by atoms with Crippen molar-refractivity contribution in [3.63, 3.8) is 0 Å². The van der Waals surface area contributed by atoms with Crippen molar-refractivity contribution in [2.24, 2.45) is 7.05 Å². The van der Waals surface area contributed by atoms with Gasteiger partial charge in [-0.25, -0.2) is 0 Å². The van der Waals surface area contributed by atoms with Crippen molar-refractivity contribution >= 4 is 5.91 Å². The molecule has 1 aromatic heterocycles. The van der Waals surface area contributed by atoms with Crippen LogP contribution in [0.15, 0.2) is 36.4 Å². The average Bonchev–Trinajstić information content (AvgIpc) is 2.96. The van der Waals surface area contributed by atoms with Gasteiger partial charge in [-0.05, 0) is 43.5 Å². The molecule has 2 aromatic rings. The van der Waals surface area contributed by atoms with Crippen molar-refractivity contribution < 1.29 is 14.6 Å². The molecule has 0 radical (unpaired) electrons. The second kappa shape index (κ2) is 7.70. The van der Waals surface area contributed by atoms with E-state index in [9.17, 15) is 9.90 Å². The first kappa shape index (κ1) is 18.1. The van der Waals surface area contributed by atoms with Crippen LogP contribution in [0.2, 0.25) is 0 Å². The molecular formula is C19H24N4O3. The molecule has 1 aliphatic carbocycles. The number of aromatic nitrogens is 3. The van der Waals surface area contributed by atoms with Gasteiger partial charge in [0.05, 0.1) is 0 Å². The van der Waals surface area contributed by atoms with Crippen molar-refractivity contribution in [2.45, 2.75) is 38.3 Å². The van der Waals surface area contributed by atoms with Gasteiger partial charge in [0.15, 0.2) is 5.82 Å². The molecule has 0 atom stereocenters. The average molecular weight is 356 g/mol. The highest BCUT2D eigenvalue weighted by molar-refractivity contribution is 5.94. The number of carbonyl (C=O) groups excluding carboxylic acids is 1. The van der Waals surface area contributed by atoms with Gasteiger partial charge in [-0.2, -0.15) is 0 Å². The lowest BCUT2D eigenvalue weighted by Gasteiger charge is -2.35. The largest absolute Gasteiger partial charge is 0.489 e. The second-order valence-electron chi connectivity index (χ2n) is 6.80. The molecule has 26 heavy (non-hydrogen) atoms. The summed E-state index contributed by atoms with van der Waals surface area (Å²) in [5.74, 6) is 2.21. The Morgan fingerprint density at radius 3 is 2.85 bits per heavy atom. The zero-order valence-electron chi connectivity index (χ0n) is 15.1. The molecule has 1 fully saturated rings. The van der Waals surface area contributed by atoms with E-state index in [0.29, 0.717) is 23.7 Å². The number of aliphatic hydroxyl groups excluding tert-OH is 1. The fourth-order valence-electron chi connectivity index (χ4n) is 3.02. The summed E-state index contributed by atoms with van der Waals surface area (Å²) in [6.45, 7) is 6.00. The molecule has 7 nitrogen and oxygen atoms in total. The summed E-state index contributed by atoms with van der Waals surface area (Å²) in [6, 6.07) is 7.26. The first-order chi connectivity index (χ1) is 12.5. The van der Waals surface area contributed by atoms with Crippen LogP contribution in [-0.2, 0) is 13.7 Å². The quantitative estimate of drug-likeness (QED) is 0.740. The van der Waals surface area contributed by atoms with Crippen molar-refractivity contribution in [2.75, 3.05) is 6.61 Å². The van der Waals surface area contributed by atoms with Crippen LogP contribution in [0.5, 0.6) is 5.75 Å². The molecule has 0 aliphatic heterocycles. The van der Waals surface area contributed by atoms with Crippen LogP contribution < -0.4 is 10.1 Å². The standard InChI is InChI=1S/C19H24N4O3/c1-12(2)11-26-16-6-4-5-13(9-16)19(25)20-15-7-14(8-15)18-22-21-17(10-24)23(18)3/h4-6,9,14-15,24H,1,7-8,10-11H2,2-3H3,(H,20,25). The molecular weight excluding hydrogens is 332 g/mol. The smallest absolute Gasteiger partial charge is 0.251 e. The number of nitrogens with zero attached hydrogens (tertiary/aromatic N) is 3. The molecule has 0 saturated heterocycles. The zero-order chi connectivity index (χ0) is 18.7. The van der Waals surface area contributed by atoms with E-state index in [2.05, 4.69) is 22.1 Å². The number of amides is 1. The third-order valence-electron chi connectivity index (χ3n) is 4.56. The van der Waals surface area contributed by atoms with Gasteiger partial charge in [-0.15, -0.1) is 10.2 Å². The Labute approximate surface area is 152 Å². The van der Waals surface area contributed by atoms with Gasteiger partial charge in [0, 0.05) is 24.6 Å². The van der Waals surface area contributed by atoms with Crippen molar-refractivity contribution in [3.05, 3.63) is 53.6 Å². The third-order valence-corrected chi connectivity index (χ3v) is 4.56. The minimum Gasteiger partial charge on any atom is -0.489 e. The maximum absolute atomic E-state index is 12.4. The molecule has 1 saturated carbocycles. The predicted octanol–water partition coefficient (Wildman–Crippen LogP) is 1.94. The molecule has 3 rings (SSSR count). The monoisotopic (exact) mass is 356 g/mol. The van der Waals surface area contributed by atoms with E-state index in [0.717, 1.165) is 24.2 Å². The molecule has 7 heteroatoms. The Morgan fingerprint density at radius 2 is 2.19 bits per heavy atom. The molecule has 1 aliphatic rings. The van der Waals surface area contributed by atoms with Crippen molar-refractivity contribution in [1.82, 2.24) is 20.1 Å². The van der Waals surface area contributed by atoms with E-state index in [4.69, 9.17) is 4.74 Å². The van der Waals surface area contributed by atoms with Crippen LogP contribution in [0.3, 0.4) is 0 Å². The summed E-state index contributed by atoms with van der Waals surface area (Å²) in [7, 11) is 1.85. The van der Waals surface area contributed by atoms with Crippen LogP contribution in [0.4, 0.5) is 0 Å². The number of benzene rings is 1. The zero-order valence-corrected chi connectivity index (χ0v) is 15.1. The van der Waals surface area contributed by atoms with Crippen LogP contribution in [0, 0.1) is 0 Å². The first-order valence-corrected chi connectivity index (χ1v) is 8.65. The molecule has 0 unspecified atom stereocenters. The summed E-state index contributed by atoms with van der Waals surface area (Å²) in [6.07, 6.45) is 1.63. The second-order valence-corrected chi connectivity index (χ2v) is 6.80. The summed E-state index contributed by atoms with van der Waals surface area (Å²) < 4.78 is 7.41. The summed E-state index contributed by atoms with van der Waals surface area (Å²) >= 11 is 0. The molecule has 138 valence electrons. The number of carbonyl (C=O) groups is 1. The fraction of sp³-hybridized carbons (Fsp3) is 0.421. The van der Waals surface area contributed by atoms with E-state index >= 15 is 0 Å². The van der Waals surface area contributed by atoms with Gasteiger partial charge < -0.3 is 19.7 Å². The van der Waals surface area contributed by atoms with Crippen LogP contribution in [-0.4, -0.2) is 38.4 Å². The van der Waals surface area contributed by atoms with Crippen molar-refractivity contribution in [3.8, 4) is 5.75 Å². The normalized spacial score (nSPS) is 18.9. The Morgan fingerprint density at radius 1 is 1.42 bits per heavy atom. The van der Waals surface area contributed by atoms with Gasteiger partial charge in [0.1, 0.15) is 24.8 Å². The van der Waals surface area contributed by atoms with E-state index in [-0.39, 0.29) is 24.5 Å². The number of hydrogen-bond acceptors (Lipinski definition) is 5. The van der Waals surface area contributed by atoms with Gasteiger partial charge in [-0.1, -0.05) is 12.6 Å². The maximum atomic E-state index is 12.4. The van der Waals surface area contributed by atoms with E-state index in [1.807, 2.05) is 30.7 Å². The summed E-state index contributed by atoms with van der Waals surface area (Å²) in [5.41, 5.74) is 1.50. The summed E-state index contributed by atoms with van der Waals surface area (Å²) in [5, 5.41) is 20.4. The third kappa shape index (κ3) is 3.94. The predicted molar refractivity (Wildman–Crippen MR) is 96.9 cm³/mol. The number of nitrogens with one attached hydrogen (secondary N) is 1. The van der Waals surface area contributed by atoms with Crippen LogP contribution in [0.1, 0.15) is 47.7 Å². The van der Waals surface area contributed by atoms with E-state index < -0.39 is 0 Å². The number of hydrogen-bond donors (Lipinski definition) is 2. The Kier molecular flexibility index (Phi) is 5.37. The summed E-state index contributed by atoms with van der Waals surface area (Å²) in [4.78, 5) is 12.4. The lowest BCUT2D eigenvalue weighted by Crippen LogP contribution is -2.44. The van der Waals surface area contributed by atoms with Gasteiger partial charge in [-0.3, -0.25) is 4.79 Å². The highest BCUT2D eigenvalue weighted by Gasteiger charge is 2.35.